The molecule has 1 aliphatic rings. The summed E-state index contributed by atoms with van der Waals surface area (Å²) in [6.07, 6.45) is 4.11. The van der Waals surface area contributed by atoms with Crippen LogP contribution in [0.3, 0.4) is 0 Å². The molecule has 1 rings (SSSR count). The molecule has 17 heavy (non-hydrogen) atoms. The quantitative estimate of drug-likeness (QED) is 0.701. The summed E-state index contributed by atoms with van der Waals surface area (Å²) in [7, 11) is 0. The smallest absolute Gasteiger partial charge is 0.0138 e. The Labute approximate surface area is 108 Å². The van der Waals surface area contributed by atoms with Crippen molar-refractivity contribution in [3.05, 3.63) is 0 Å². The first-order valence-electron chi connectivity index (χ1n) is 7.52. The topological polar surface area (TPSA) is 15.3 Å². The second-order valence-corrected chi connectivity index (χ2v) is 6.29. The van der Waals surface area contributed by atoms with Crippen molar-refractivity contribution in [2.75, 3.05) is 19.6 Å². The molecule has 1 aliphatic carbocycles. The summed E-state index contributed by atoms with van der Waals surface area (Å²) in [6, 6.07) is 1.54. The van der Waals surface area contributed by atoms with Gasteiger partial charge >= 0.3 is 0 Å². The van der Waals surface area contributed by atoms with E-state index in [1.807, 2.05) is 0 Å². The van der Waals surface area contributed by atoms with Crippen LogP contribution in [0.4, 0.5) is 0 Å². The molecule has 0 aromatic rings. The summed E-state index contributed by atoms with van der Waals surface area (Å²) < 4.78 is 0. The van der Waals surface area contributed by atoms with Crippen molar-refractivity contribution >= 4 is 0 Å². The molecular weight excluding hydrogens is 208 g/mol. The SMILES string of the molecule is CCCN(C(C)C)C1CCC1CNCC(C)C. The van der Waals surface area contributed by atoms with Crippen LogP contribution in [0, 0.1) is 11.8 Å². The number of hydrogen-bond donors (Lipinski definition) is 1. The second-order valence-electron chi connectivity index (χ2n) is 6.29. The van der Waals surface area contributed by atoms with Crippen molar-refractivity contribution in [3.8, 4) is 0 Å². The van der Waals surface area contributed by atoms with Gasteiger partial charge in [-0.3, -0.25) is 4.90 Å². The molecule has 1 fully saturated rings. The van der Waals surface area contributed by atoms with Crippen LogP contribution in [0.15, 0.2) is 0 Å². The molecule has 1 saturated carbocycles. The summed E-state index contributed by atoms with van der Waals surface area (Å²) in [5, 5.41) is 3.63. The molecule has 1 N–H and O–H groups in total. The fraction of sp³-hybridized carbons (Fsp3) is 1.00. The Morgan fingerprint density at radius 3 is 2.29 bits per heavy atom. The zero-order valence-corrected chi connectivity index (χ0v) is 12.5. The minimum absolute atomic E-state index is 0.702. The standard InChI is InChI=1S/C15H32N2/c1-6-9-17(13(4)5)15-8-7-14(15)11-16-10-12(2)3/h12-16H,6-11H2,1-5H3. The first kappa shape index (κ1) is 15.0. The maximum Gasteiger partial charge on any atom is 0.0138 e. The minimum atomic E-state index is 0.702. The molecule has 0 amide bonds. The Bertz CT molecular complexity index is 201. The number of nitrogens with zero attached hydrogens (tertiary/aromatic N) is 1. The van der Waals surface area contributed by atoms with E-state index in [9.17, 15) is 0 Å². The first-order chi connectivity index (χ1) is 8.06. The summed E-state index contributed by atoms with van der Waals surface area (Å²) in [5.74, 6) is 1.66. The Morgan fingerprint density at radius 2 is 1.88 bits per heavy atom. The molecule has 0 saturated heterocycles. The van der Waals surface area contributed by atoms with E-state index in [1.165, 1.54) is 38.9 Å². The Balaban J connectivity index is 2.32. The molecule has 0 aromatic carbocycles. The lowest BCUT2D eigenvalue weighted by atomic mass is 9.77. The van der Waals surface area contributed by atoms with Gasteiger partial charge in [0, 0.05) is 12.1 Å². The van der Waals surface area contributed by atoms with Gasteiger partial charge in [0.05, 0.1) is 0 Å². The van der Waals surface area contributed by atoms with E-state index < -0.39 is 0 Å². The van der Waals surface area contributed by atoms with Crippen LogP contribution in [0.1, 0.15) is 53.9 Å². The third-order valence-electron chi connectivity index (χ3n) is 3.91. The van der Waals surface area contributed by atoms with Gasteiger partial charge in [-0.1, -0.05) is 20.8 Å². The van der Waals surface area contributed by atoms with Gasteiger partial charge in [0.2, 0.25) is 0 Å². The van der Waals surface area contributed by atoms with Gasteiger partial charge in [-0.15, -0.1) is 0 Å². The Hall–Kier alpha value is -0.0800. The molecule has 0 heterocycles. The van der Waals surface area contributed by atoms with E-state index in [-0.39, 0.29) is 0 Å². The predicted octanol–water partition coefficient (Wildman–Crippen LogP) is 3.13. The van der Waals surface area contributed by atoms with Crippen LogP contribution in [-0.4, -0.2) is 36.6 Å². The molecule has 2 unspecified atom stereocenters. The average Bonchev–Trinajstić information content (AvgIpc) is 2.21. The molecule has 2 atom stereocenters. The van der Waals surface area contributed by atoms with Gasteiger partial charge in [-0.05, 0) is 64.6 Å². The maximum absolute atomic E-state index is 3.63. The van der Waals surface area contributed by atoms with Crippen LogP contribution in [0.2, 0.25) is 0 Å². The highest BCUT2D eigenvalue weighted by Gasteiger charge is 2.35. The van der Waals surface area contributed by atoms with Crippen LogP contribution in [0.5, 0.6) is 0 Å². The predicted molar refractivity (Wildman–Crippen MR) is 76.4 cm³/mol. The van der Waals surface area contributed by atoms with Crippen molar-refractivity contribution in [2.45, 2.75) is 66.0 Å². The molecule has 0 radical (unpaired) electrons. The highest BCUT2D eigenvalue weighted by atomic mass is 15.2. The van der Waals surface area contributed by atoms with Gasteiger partial charge in [0.25, 0.3) is 0 Å². The summed E-state index contributed by atoms with van der Waals surface area (Å²) in [5.41, 5.74) is 0. The molecule has 0 aromatic heterocycles. The molecule has 2 nitrogen and oxygen atoms in total. The fourth-order valence-electron chi connectivity index (χ4n) is 2.85. The normalized spacial score (nSPS) is 24.7. The number of hydrogen-bond acceptors (Lipinski definition) is 2. The van der Waals surface area contributed by atoms with Gasteiger partial charge in [0.15, 0.2) is 0 Å². The molecule has 0 bridgehead atoms. The summed E-state index contributed by atoms with van der Waals surface area (Å²) in [6.45, 7) is 15.2. The molecule has 0 aliphatic heterocycles. The fourth-order valence-corrected chi connectivity index (χ4v) is 2.85. The third-order valence-corrected chi connectivity index (χ3v) is 3.91. The second kappa shape index (κ2) is 7.38. The zero-order chi connectivity index (χ0) is 12.8. The van der Waals surface area contributed by atoms with E-state index in [2.05, 4.69) is 44.8 Å². The van der Waals surface area contributed by atoms with Crippen LogP contribution < -0.4 is 5.32 Å². The third kappa shape index (κ3) is 4.59. The van der Waals surface area contributed by atoms with E-state index >= 15 is 0 Å². The monoisotopic (exact) mass is 240 g/mol. The van der Waals surface area contributed by atoms with E-state index in [1.54, 1.807) is 0 Å². The van der Waals surface area contributed by atoms with Crippen molar-refractivity contribution in [3.63, 3.8) is 0 Å². The van der Waals surface area contributed by atoms with Gasteiger partial charge in [-0.25, -0.2) is 0 Å². The summed E-state index contributed by atoms with van der Waals surface area (Å²) in [4.78, 5) is 2.71. The van der Waals surface area contributed by atoms with Crippen LogP contribution in [0.25, 0.3) is 0 Å². The Morgan fingerprint density at radius 1 is 1.18 bits per heavy atom. The Kier molecular flexibility index (Phi) is 6.50. The van der Waals surface area contributed by atoms with Crippen molar-refractivity contribution < 1.29 is 0 Å². The van der Waals surface area contributed by atoms with Gasteiger partial charge < -0.3 is 5.32 Å². The van der Waals surface area contributed by atoms with Crippen molar-refractivity contribution in [1.82, 2.24) is 10.2 Å². The van der Waals surface area contributed by atoms with E-state index in [4.69, 9.17) is 0 Å². The molecule has 0 spiro atoms. The molecular formula is C15H32N2. The van der Waals surface area contributed by atoms with E-state index in [0.717, 1.165) is 17.9 Å². The largest absolute Gasteiger partial charge is 0.316 e. The lowest BCUT2D eigenvalue weighted by molar-refractivity contribution is 0.0377. The minimum Gasteiger partial charge on any atom is -0.316 e. The molecule has 2 heteroatoms. The lowest BCUT2D eigenvalue weighted by Gasteiger charge is -2.46. The highest BCUT2D eigenvalue weighted by molar-refractivity contribution is 4.91. The first-order valence-corrected chi connectivity index (χ1v) is 7.52. The number of nitrogens with one attached hydrogen (secondary N) is 1. The summed E-state index contributed by atoms with van der Waals surface area (Å²) >= 11 is 0. The van der Waals surface area contributed by atoms with E-state index in [0.29, 0.717) is 6.04 Å². The number of rotatable bonds is 8. The van der Waals surface area contributed by atoms with Gasteiger partial charge in [0.1, 0.15) is 0 Å². The van der Waals surface area contributed by atoms with Gasteiger partial charge in [-0.2, -0.15) is 0 Å². The maximum atomic E-state index is 3.63. The highest BCUT2D eigenvalue weighted by Crippen LogP contribution is 2.33. The van der Waals surface area contributed by atoms with Crippen molar-refractivity contribution in [1.29, 1.82) is 0 Å². The lowest BCUT2D eigenvalue weighted by Crippen LogP contribution is -2.53. The van der Waals surface area contributed by atoms with Crippen LogP contribution in [-0.2, 0) is 0 Å². The van der Waals surface area contributed by atoms with Crippen molar-refractivity contribution in [2.24, 2.45) is 11.8 Å². The van der Waals surface area contributed by atoms with Crippen LogP contribution >= 0.6 is 0 Å². The average molecular weight is 240 g/mol. The molecule has 102 valence electrons. The zero-order valence-electron chi connectivity index (χ0n) is 12.5.